The van der Waals surface area contributed by atoms with E-state index in [1.807, 2.05) is 17.0 Å². The molecule has 1 atom stereocenters. The molecule has 2 aliphatic heterocycles. The van der Waals surface area contributed by atoms with Gasteiger partial charge in [-0.05, 0) is 25.0 Å². The first-order chi connectivity index (χ1) is 14.0. The zero-order valence-electron chi connectivity index (χ0n) is 15.7. The van der Waals surface area contributed by atoms with Gasteiger partial charge in [0.2, 0.25) is 0 Å². The van der Waals surface area contributed by atoms with E-state index in [0.717, 1.165) is 17.7 Å². The normalized spacial score (nSPS) is 19.6. The van der Waals surface area contributed by atoms with Crippen molar-refractivity contribution < 1.29 is 9.53 Å². The predicted octanol–water partition coefficient (Wildman–Crippen LogP) is 3.34. The summed E-state index contributed by atoms with van der Waals surface area (Å²) in [6.07, 6.45) is 3.20. The van der Waals surface area contributed by atoms with Crippen molar-refractivity contribution in [1.82, 2.24) is 14.9 Å². The Morgan fingerprint density at radius 3 is 2.72 bits per heavy atom. The molecule has 10 heteroatoms. The summed E-state index contributed by atoms with van der Waals surface area (Å²) in [6, 6.07) is 5.42. The second-order valence-corrected chi connectivity index (χ2v) is 8.70. The molecule has 154 valence electrons. The van der Waals surface area contributed by atoms with Gasteiger partial charge in [-0.1, -0.05) is 41.0 Å². The van der Waals surface area contributed by atoms with Crippen LogP contribution in [0.5, 0.6) is 0 Å². The van der Waals surface area contributed by atoms with Gasteiger partial charge >= 0.3 is 0 Å². The van der Waals surface area contributed by atoms with Crippen LogP contribution < -0.4 is 10.6 Å². The van der Waals surface area contributed by atoms with Crippen molar-refractivity contribution in [3.63, 3.8) is 0 Å². The molecule has 0 saturated carbocycles. The van der Waals surface area contributed by atoms with Gasteiger partial charge in [-0.3, -0.25) is 4.79 Å². The number of amides is 1. The van der Waals surface area contributed by atoms with Crippen LogP contribution >= 0.6 is 35.0 Å². The van der Waals surface area contributed by atoms with Crippen molar-refractivity contribution in [2.45, 2.75) is 28.9 Å². The Balaban J connectivity index is 1.39. The predicted molar refractivity (Wildman–Crippen MR) is 115 cm³/mol. The molecule has 2 aliphatic rings. The SMILES string of the molecule is Nc1nc(N2CCN(C(=O)C3CCCO3)CC2)cnc1Sc1cccc(Cl)c1Cl. The number of carbonyl (C=O) groups excluding carboxylic acids is 1. The van der Waals surface area contributed by atoms with Crippen LogP contribution in [0.2, 0.25) is 10.0 Å². The van der Waals surface area contributed by atoms with Gasteiger partial charge < -0.3 is 20.3 Å². The highest BCUT2D eigenvalue weighted by atomic mass is 35.5. The lowest BCUT2D eigenvalue weighted by Gasteiger charge is -2.36. The maximum Gasteiger partial charge on any atom is 0.251 e. The number of hydrogen-bond donors (Lipinski definition) is 1. The van der Waals surface area contributed by atoms with Gasteiger partial charge in [-0.25, -0.2) is 9.97 Å². The van der Waals surface area contributed by atoms with Gasteiger partial charge in [0.25, 0.3) is 5.91 Å². The molecule has 1 aromatic carbocycles. The van der Waals surface area contributed by atoms with Crippen molar-refractivity contribution in [2.24, 2.45) is 0 Å². The molecule has 3 heterocycles. The summed E-state index contributed by atoms with van der Waals surface area (Å²) in [5, 5.41) is 1.52. The lowest BCUT2D eigenvalue weighted by atomic mass is 10.2. The number of ether oxygens (including phenoxy) is 1. The number of benzene rings is 1. The minimum absolute atomic E-state index is 0.0953. The summed E-state index contributed by atoms with van der Waals surface area (Å²) >= 11 is 13.6. The Bertz CT molecular complexity index is 902. The molecule has 29 heavy (non-hydrogen) atoms. The zero-order valence-corrected chi connectivity index (χ0v) is 18.0. The zero-order chi connectivity index (χ0) is 20.4. The molecular weight excluding hydrogens is 433 g/mol. The van der Waals surface area contributed by atoms with Crippen LogP contribution in [0.4, 0.5) is 11.6 Å². The Hall–Kier alpha value is -1.74. The van der Waals surface area contributed by atoms with Crippen LogP contribution in [-0.4, -0.2) is 59.7 Å². The van der Waals surface area contributed by atoms with Crippen molar-refractivity contribution in [1.29, 1.82) is 0 Å². The van der Waals surface area contributed by atoms with Crippen LogP contribution in [0.15, 0.2) is 34.3 Å². The van der Waals surface area contributed by atoms with Crippen LogP contribution in [0.25, 0.3) is 0 Å². The van der Waals surface area contributed by atoms with E-state index in [2.05, 4.69) is 14.9 Å². The van der Waals surface area contributed by atoms with Gasteiger partial charge in [0, 0.05) is 37.7 Å². The van der Waals surface area contributed by atoms with Gasteiger partial charge in [-0.2, -0.15) is 0 Å². The molecule has 1 unspecified atom stereocenters. The third-order valence-electron chi connectivity index (χ3n) is 4.99. The van der Waals surface area contributed by atoms with E-state index in [9.17, 15) is 4.79 Å². The van der Waals surface area contributed by atoms with E-state index in [0.29, 0.717) is 59.5 Å². The van der Waals surface area contributed by atoms with E-state index >= 15 is 0 Å². The molecule has 2 saturated heterocycles. The fourth-order valence-corrected chi connectivity index (χ4v) is 4.69. The van der Waals surface area contributed by atoms with Crippen molar-refractivity contribution >= 4 is 52.5 Å². The second-order valence-electron chi connectivity index (χ2n) is 6.89. The molecular formula is C19H21Cl2N5O2S. The molecule has 0 bridgehead atoms. The van der Waals surface area contributed by atoms with E-state index < -0.39 is 0 Å². The van der Waals surface area contributed by atoms with E-state index in [-0.39, 0.29) is 12.0 Å². The number of rotatable bonds is 4. The number of carbonyl (C=O) groups is 1. The first-order valence-corrected chi connectivity index (χ1v) is 11.0. The molecule has 0 spiro atoms. The minimum atomic E-state index is -0.272. The van der Waals surface area contributed by atoms with Gasteiger partial charge in [0.15, 0.2) is 5.82 Å². The molecule has 4 rings (SSSR count). The number of nitrogen functional groups attached to an aromatic ring is 1. The van der Waals surface area contributed by atoms with E-state index in [1.165, 1.54) is 11.8 Å². The Morgan fingerprint density at radius 2 is 2.03 bits per heavy atom. The van der Waals surface area contributed by atoms with Crippen LogP contribution in [0, 0.1) is 0 Å². The topological polar surface area (TPSA) is 84.6 Å². The number of nitrogens with zero attached hydrogens (tertiary/aromatic N) is 4. The monoisotopic (exact) mass is 453 g/mol. The van der Waals surface area contributed by atoms with Gasteiger partial charge in [0.1, 0.15) is 16.9 Å². The molecule has 7 nitrogen and oxygen atoms in total. The molecule has 0 radical (unpaired) electrons. The van der Waals surface area contributed by atoms with Gasteiger partial charge in [0.05, 0.1) is 16.2 Å². The van der Waals surface area contributed by atoms with Crippen LogP contribution in [-0.2, 0) is 9.53 Å². The minimum Gasteiger partial charge on any atom is -0.381 e. The fraction of sp³-hybridized carbons (Fsp3) is 0.421. The maximum atomic E-state index is 12.5. The second kappa shape index (κ2) is 8.95. The third-order valence-corrected chi connectivity index (χ3v) is 6.99. The average Bonchev–Trinajstić information content (AvgIpc) is 3.27. The number of piperazine rings is 1. The molecule has 1 amide bonds. The van der Waals surface area contributed by atoms with Crippen molar-refractivity contribution in [3.05, 3.63) is 34.4 Å². The number of anilines is 2. The Labute approximate surface area is 183 Å². The summed E-state index contributed by atoms with van der Waals surface area (Å²) < 4.78 is 5.51. The smallest absolute Gasteiger partial charge is 0.251 e. The molecule has 2 N–H and O–H groups in total. The fourth-order valence-electron chi connectivity index (χ4n) is 3.41. The lowest BCUT2D eigenvalue weighted by molar-refractivity contribution is -0.141. The van der Waals surface area contributed by atoms with E-state index in [4.69, 9.17) is 33.7 Å². The number of halogens is 2. The Kier molecular flexibility index (Phi) is 6.34. The quantitative estimate of drug-likeness (QED) is 0.759. The highest BCUT2D eigenvalue weighted by Gasteiger charge is 2.30. The highest BCUT2D eigenvalue weighted by molar-refractivity contribution is 7.99. The molecule has 1 aromatic heterocycles. The lowest BCUT2D eigenvalue weighted by Crippen LogP contribution is -2.51. The average molecular weight is 454 g/mol. The maximum absolute atomic E-state index is 12.5. The summed E-state index contributed by atoms with van der Waals surface area (Å²) in [5.41, 5.74) is 6.14. The summed E-state index contributed by atoms with van der Waals surface area (Å²) in [5.74, 6) is 1.13. The first-order valence-electron chi connectivity index (χ1n) is 9.42. The van der Waals surface area contributed by atoms with Crippen LogP contribution in [0.1, 0.15) is 12.8 Å². The number of hydrogen-bond acceptors (Lipinski definition) is 7. The molecule has 2 fully saturated rings. The summed E-state index contributed by atoms with van der Waals surface area (Å²) in [7, 11) is 0. The highest BCUT2D eigenvalue weighted by Crippen LogP contribution is 2.38. The summed E-state index contributed by atoms with van der Waals surface area (Å²) in [4.78, 5) is 26.2. The third kappa shape index (κ3) is 4.55. The Morgan fingerprint density at radius 1 is 1.24 bits per heavy atom. The summed E-state index contributed by atoms with van der Waals surface area (Å²) in [6.45, 7) is 3.30. The molecule has 0 aliphatic carbocycles. The number of aromatic nitrogens is 2. The number of nitrogens with two attached hydrogens (primary N) is 1. The largest absolute Gasteiger partial charge is 0.381 e. The molecule has 2 aromatic rings. The van der Waals surface area contributed by atoms with Gasteiger partial charge in [-0.15, -0.1) is 0 Å². The standard InChI is InChI=1S/C19H21Cl2N5O2S/c20-12-3-1-5-14(16(12)21)29-18-17(22)24-15(11-23-18)25-6-8-26(9-7-25)19(27)13-4-2-10-28-13/h1,3,5,11,13H,2,4,6-10H2,(H2,22,24). The van der Waals surface area contributed by atoms with E-state index in [1.54, 1.807) is 12.3 Å². The van der Waals surface area contributed by atoms with Crippen molar-refractivity contribution in [3.8, 4) is 0 Å². The van der Waals surface area contributed by atoms with Crippen LogP contribution in [0.3, 0.4) is 0 Å². The first kappa shape index (κ1) is 20.5. The van der Waals surface area contributed by atoms with Crippen molar-refractivity contribution in [2.75, 3.05) is 43.4 Å².